The highest BCUT2D eigenvalue weighted by molar-refractivity contribution is 5.53. The lowest BCUT2D eigenvalue weighted by Crippen LogP contribution is -2.26. The van der Waals surface area contributed by atoms with E-state index >= 15 is 0 Å². The molecule has 2 aliphatic rings. The summed E-state index contributed by atoms with van der Waals surface area (Å²) < 4.78 is 16.2. The second kappa shape index (κ2) is 5.21. The Morgan fingerprint density at radius 1 is 1.09 bits per heavy atom. The molecule has 1 N–H and O–H groups in total. The SMILES string of the molecule is COc1ccc(C2c3cc4c(cc3CCC2O)OCO4)cc1. The van der Waals surface area contributed by atoms with Crippen molar-refractivity contribution in [1.82, 2.24) is 0 Å². The predicted octanol–water partition coefficient (Wildman–Crippen LogP) is 2.86. The van der Waals surface area contributed by atoms with Gasteiger partial charge >= 0.3 is 0 Å². The van der Waals surface area contributed by atoms with Crippen molar-refractivity contribution in [2.75, 3.05) is 13.9 Å². The number of aryl methyl sites for hydroxylation is 1. The summed E-state index contributed by atoms with van der Waals surface area (Å²) in [7, 11) is 1.65. The van der Waals surface area contributed by atoms with Crippen LogP contribution in [0.3, 0.4) is 0 Å². The number of hydrogen-bond acceptors (Lipinski definition) is 4. The lowest BCUT2D eigenvalue weighted by Gasteiger charge is -2.31. The van der Waals surface area contributed by atoms with Crippen molar-refractivity contribution in [3.63, 3.8) is 0 Å². The van der Waals surface area contributed by atoms with Gasteiger partial charge in [0.1, 0.15) is 5.75 Å². The quantitative estimate of drug-likeness (QED) is 0.926. The summed E-state index contributed by atoms with van der Waals surface area (Å²) in [4.78, 5) is 0. The minimum atomic E-state index is -0.388. The van der Waals surface area contributed by atoms with Gasteiger partial charge in [-0.25, -0.2) is 0 Å². The summed E-state index contributed by atoms with van der Waals surface area (Å²) in [5, 5.41) is 10.5. The van der Waals surface area contributed by atoms with Gasteiger partial charge in [-0.05, 0) is 53.8 Å². The fraction of sp³-hybridized carbons (Fsp3) is 0.333. The molecule has 4 nitrogen and oxygen atoms in total. The molecule has 0 saturated heterocycles. The van der Waals surface area contributed by atoms with Gasteiger partial charge in [0.25, 0.3) is 0 Å². The Balaban J connectivity index is 1.79. The molecule has 2 atom stereocenters. The number of methoxy groups -OCH3 is 1. The normalized spacial score (nSPS) is 22.3. The van der Waals surface area contributed by atoms with Gasteiger partial charge in [0.15, 0.2) is 11.5 Å². The smallest absolute Gasteiger partial charge is 0.231 e. The molecule has 0 radical (unpaired) electrons. The fourth-order valence-corrected chi connectivity index (χ4v) is 3.40. The Kier molecular flexibility index (Phi) is 3.19. The van der Waals surface area contributed by atoms with E-state index in [1.54, 1.807) is 7.11 Å². The van der Waals surface area contributed by atoms with E-state index in [1.807, 2.05) is 30.3 Å². The van der Waals surface area contributed by atoms with Gasteiger partial charge in [-0.3, -0.25) is 0 Å². The molecule has 1 aliphatic heterocycles. The molecule has 1 heterocycles. The number of hydrogen-bond donors (Lipinski definition) is 1. The summed E-state index contributed by atoms with van der Waals surface area (Å²) >= 11 is 0. The molecule has 114 valence electrons. The van der Waals surface area contributed by atoms with E-state index in [9.17, 15) is 5.11 Å². The Morgan fingerprint density at radius 3 is 2.55 bits per heavy atom. The molecule has 4 rings (SSSR count). The highest BCUT2D eigenvalue weighted by atomic mass is 16.7. The third-order valence-corrected chi connectivity index (χ3v) is 4.54. The second-order valence-corrected chi connectivity index (χ2v) is 5.76. The summed E-state index contributed by atoms with van der Waals surface area (Å²) in [6, 6.07) is 12.0. The zero-order chi connectivity index (χ0) is 15.1. The van der Waals surface area contributed by atoms with E-state index in [-0.39, 0.29) is 18.8 Å². The van der Waals surface area contributed by atoms with Gasteiger partial charge in [-0.15, -0.1) is 0 Å². The van der Waals surface area contributed by atoms with E-state index in [0.29, 0.717) is 0 Å². The second-order valence-electron chi connectivity index (χ2n) is 5.76. The van der Waals surface area contributed by atoms with E-state index in [4.69, 9.17) is 14.2 Å². The van der Waals surface area contributed by atoms with Crippen molar-refractivity contribution in [1.29, 1.82) is 0 Å². The minimum absolute atomic E-state index is 0.0378. The van der Waals surface area contributed by atoms with Gasteiger partial charge in [-0.2, -0.15) is 0 Å². The van der Waals surface area contributed by atoms with Crippen molar-refractivity contribution in [3.8, 4) is 17.2 Å². The molecule has 0 bridgehead atoms. The third-order valence-electron chi connectivity index (χ3n) is 4.54. The van der Waals surface area contributed by atoms with Crippen LogP contribution in [-0.2, 0) is 6.42 Å². The molecule has 2 aromatic carbocycles. The van der Waals surface area contributed by atoms with Crippen LogP contribution >= 0.6 is 0 Å². The van der Waals surface area contributed by atoms with E-state index in [2.05, 4.69) is 6.07 Å². The first-order valence-corrected chi connectivity index (χ1v) is 7.50. The maximum Gasteiger partial charge on any atom is 0.231 e. The van der Waals surface area contributed by atoms with Crippen molar-refractivity contribution >= 4 is 0 Å². The molecular weight excluding hydrogens is 280 g/mol. The number of aliphatic hydroxyl groups is 1. The number of aliphatic hydroxyl groups excluding tert-OH is 1. The fourth-order valence-electron chi connectivity index (χ4n) is 3.40. The summed E-state index contributed by atoms with van der Waals surface area (Å²) in [5.41, 5.74) is 3.46. The van der Waals surface area contributed by atoms with Crippen LogP contribution in [0.1, 0.15) is 29.0 Å². The number of ether oxygens (including phenoxy) is 3. The Hall–Kier alpha value is -2.20. The average Bonchev–Trinajstić information content (AvgIpc) is 3.00. The van der Waals surface area contributed by atoms with E-state index in [1.165, 1.54) is 5.56 Å². The van der Waals surface area contributed by atoms with Crippen LogP contribution in [0.5, 0.6) is 17.2 Å². The van der Waals surface area contributed by atoms with Gasteiger partial charge in [-0.1, -0.05) is 12.1 Å². The maximum absolute atomic E-state index is 10.5. The monoisotopic (exact) mass is 298 g/mol. The number of benzene rings is 2. The largest absolute Gasteiger partial charge is 0.497 e. The van der Waals surface area contributed by atoms with Gasteiger partial charge in [0.05, 0.1) is 13.2 Å². The first-order valence-electron chi connectivity index (χ1n) is 7.50. The maximum atomic E-state index is 10.5. The van der Waals surface area contributed by atoms with Crippen LogP contribution in [0.2, 0.25) is 0 Å². The molecule has 2 unspecified atom stereocenters. The molecular formula is C18H18O4. The van der Waals surface area contributed by atoms with Crippen LogP contribution in [0.4, 0.5) is 0 Å². The van der Waals surface area contributed by atoms with Crippen LogP contribution in [-0.4, -0.2) is 25.1 Å². The molecule has 0 amide bonds. The minimum Gasteiger partial charge on any atom is -0.497 e. The number of rotatable bonds is 2. The van der Waals surface area contributed by atoms with Crippen LogP contribution in [0.25, 0.3) is 0 Å². The summed E-state index contributed by atoms with van der Waals surface area (Å²) in [5.74, 6) is 2.36. The first kappa shape index (κ1) is 13.5. The van der Waals surface area contributed by atoms with Crippen LogP contribution in [0.15, 0.2) is 36.4 Å². The van der Waals surface area contributed by atoms with Gasteiger partial charge < -0.3 is 19.3 Å². The molecule has 2 aromatic rings. The Morgan fingerprint density at radius 2 is 1.82 bits per heavy atom. The van der Waals surface area contributed by atoms with Crippen molar-refractivity contribution < 1.29 is 19.3 Å². The molecule has 4 heteroatoms. The topological polar surface area (TPSA) is 47.9 Å². The predicted molar refractivity (Wildman–Crippen MR) is 81.7 cm³/mol. The standard InChI is InChI=1S/C18H18O4/c1-20-13-5-2-11(3-6-13)18-14-9-17-16(21-10-22-17)8-12(14)4-7-15(18)19/h2-3,5-6,8-9,15,18-19H,4,7,10H2,1H3. The third kappa shape index (κ3) is 2.11. The zero-order valence-corrected chi connectivity index (χ0v) is 12.4. The average molecular weight is 298 g/mol. The van der Waals surface area contributed by atoms with Crippen LogP contribution < -0.4 is 14.2 Å². The van der Waals surface area contributed by atoms with Gasteiger partial charge in [0, 0.05) is 5.92 Å². The van der Waals surface area contributed by atoms with Gasteiger partial charge in [0.2, 0.25) is 6.79 Å². The molecule has 1 aliphatic carbocycles. The van der Waals surface area contributed by atoms with Crippen molar-refractivity contribution in [2.45, 2.75) is 24.9 Å². The summed E-state index contributed by atoms with van der Waals surface area (Å²) in [6.45, 7) is 0.272. The first-order chi connectivity index (χ1) is 10.8. The van der Waals surface area contributed by atoms with Crippen molar-refractivity contribution in [2.24, 2.45) is 0 Å². The highest BCUT2D eigenvalue weighted by Crippen LogP contribution is 2.43. The van der Waals surface area contributed by atoms with Crippen LogP contribution in [0, 0.1) is 0 Å². The number of fused-ring (bicyclic) bond motifs is 2. The zero-order valence-electron chi connectivity index (χ0n) is 12.4. The van der Waals surface area contributed by atoms with E-state index < -0.39 is 0 Å². The highest BCUT2D eigenvalue weighted by Gasteiger charge is 2.32. The Labute approximate surface area is 129 Å². The Bertz CT molecular complexity index is 693. The lowest BCUT2D eigenvalue weighted by atomic mass is 9.77. The molecule has 22 heavy (non-hydrogen) atoms. The molecule has 0 saturated carbocycles. The van der Waals surface area contributed by atoms with Crippen molar-refractivity contribution in [3.05, 3.63) is 53.1 Å². The molecule has 0 aromatic heterocycles. The molecule has 0 spiro atoms. The van der Waals surface area contributed by atoms with E-state index in [0.717, 1.165) is 41.2 Å². The lowest BCUT2D eigenvalue weighted by molar-refractivity contribution is 0.139. The molecule has 0 fully saturated rings. The summed E-state index contributed by atoms with van der Waals surface area (Å²) in [6.07, 6.45) is 1.23.